The second-order valence-electron chi connectivity index (χ2n) is 4.89. The Balaban J connectivity index is 2.14. The maximum absolute atomic E-state index is 12.3. The molecule has 0 heterocycles. The molecule has 1 aromatic rings. The smallest absolute Gasteiger partial charge is 0.208 e. The van der Waals surface area contributed by atoms with E-state index < -0.39 is 10.0 Å². The van der Waals surface area contributed by atoms with Crippen molar-refractivity contribution in [1.82, 2.24) is 4.72 Å². The van der Waals surface area contributed by atoms with Gasteiger partial charge in [0.1, 0.15) is 0 Å². The topological polar surface area (TPSA) is 46.2 Å². The molecule has 3 nitrogen and oxygen atoms in total. The van der Waals surface area contributed by atoms with Crippen LogP contribution in [-0.4, -0.2) is 14.5 Å². The van der Waals surface area contributed by atoms with Crippen molar-refractivity contribution in [3.05, 3.63) is 28.2 Å². The molecule has 0 atom stereocenters. The Morgan fingerprint density at radius 2 is 1.63 bits per heavy atom. The van der Waals surface area contributed by atoms with Crippen molar-refractivity contribution in [2.24, 2.45) is 0 Å². The molecule has 1 aliphatic rings. The van der Waals surface area contributed by atoms with E-state index in [1.165, 1.54) is 31.0 Å². The fraction of sp³-hybridized carbons (Fsp3) is 0.538. The molecular formula is C13H17Cl2NO2S. The average Bonchev–Trinajstić information content (AvgIpc) is 2.60. The molecule has 0 aromatic heterocycles. The van der Waals surface area contributed by atoms with Crippen LogP contribution in [0.25, 0.3) is 0 Å². The third kappa shape index (κ3) is 4.09. The monoisotopic (exact) mass is 321 g/mol. The van der Waals surface area contributed by atoms with Crippen LogP contribution in [0.4, 0.5) is 0 Å². The summed E-state index contributed by atoms with van der Waals surface area (Å²) < 4.78 is 27.3. The minimum atomic E-state index is -3.51. The van der Waals surface area contributed by atoms with Crippen molar-refractivity contribution in [3.63, 3.8) is 0 Å². The minimum Gasteiger partial charge on any atom is -0.208 e. The van der Waals surface area contributed by atoms with Gasteiger partial charge in [0.2, 0.25) is 10.0 Å². The van der Waals surface area contributed by atoms with Crippen molar-refractivity contribution in [2.45, 2.75) is 49.5 Å². The minimum absolute atomic E-state index is 0.0296. The molecule has 1 aliphatic carbocycles. The van der Waals surface area contributed by atoms with Crippen LogP contribution in [0.15, 0.2) is 23.1 Å². The van der Waals surface area contributed by atoms with Gasteiger partial charge in [-0.05, 0) is 31.0 Å². The number of rotatable bonds is 3. The highest BCUT2D eigenvalue weighted by molar-refractivity contribution is 7.89. The first-order chi connectivity index (χ1) is 8.99. The number of nitrogens with one attached hydrogen (secondary N) is 1. The lowest BCUT2D eigenvalue weighted by Gasteiger charge is -2.16. The number of hydrogen-bond acceptors (Lipinski definition) is 2. The molecule has 0 aliphatic heterocycles. The van der Waals surface area contributed by atoms with Gasteiger partial charge < -0.3 is 0 Å². The van der Waals surface area contributed by atoms with E-state index in [-0.39, 0.29) is 16.0 Å². The van der Waals surface area contributed by atoms with Crippen LogP contribution in [0.3, 0.4) is 0 Å². The summed E-state index contributed by atoms with van der Waals surface area (Å²) in [6, 6.07) is 4.41. The highest BCUT2D eigenvalue weighted by atomic mass is 35.5. The lowest BCUT2D eigenvalue weighted by atomic mass is 10.1. The highest BCUT2D eigenvalue weighted by Crippen LogP contribution is 2.25. The van der Waals surface area contributed by atoms with Gasteiger partial charge in [0.05, 0.1) is 14.9 Å². The van der Waals surface area contributed by atoms with Crippen molar-refractivity contribution in [1.29, 1.82) is 0 Å². The summed E-state index contributed by atoms with van der Waals surface area (Å²) in [6.45, 7) is 0. The van der Waals surface area contributed by atoms with Gasteiger partial charge in [-0.1, -0.05) is 48.9 Å². The zero-order chi connectivity index (χ0) is 13.9. The zero-order valence-corrected chi connectivity index (χ0v) is 12.9. The lowest BCUT2D eigenvalue weighted by molar-refractivity contribution is 0.510. The molecule has 106 valence electrons. The standard InChI is InChI=1S/C13H17Cl2NO2S/c14-12-8-7-11(9-13(12)15)19(17,18)16-10-5-3-1-2-4-6-10/h7-10,16H,1-6H2. The van der Waals surface area contributed by atoms with Gasteiger partial charge in [-0.2, -0.15) is 0 Å². The fourth-order valence-electron chi connectivity index (χ4n) is 2.33. The van der Waals surface area contributed by atoms with Crippen LogP contribution in [-0.2, 0) is 10.0 Å². The number of hydrogen-bond donors (Lipinski definition) is 1. The Morgan fingerprint density at radius 3 is 2.21 bits per heavy atom. The van der Waals surface area contributed by atoms with Crippen LogP contribution in [0.1, 0.15) is 38.5 Å². The van der Waals surface area contributed by atoms with Crippen molar-refractivity contribution < 1.29 is 8.42 Å². The Kier molecular flexibility index (Phi) is 5.12. The second-order valence-corrected chi connectivity index (χ2v) is 7.41. The van der Waals surface area contributed by atoms with E-state index in [4.69, 9.17) is 23.2 Å². The Hall–Kier alpha value is -0.290. The van der Waals surface area contributed by atoms with Crippen molar-refractivity contribution in [3.8, 4) is 0 Å². The van der Waals surface area contributed by atoms with Gasteiger partial charge in [-0.25, -0.2) is 13.1 Å². The first-order valence-electron chi connectivity index (χ1n) is 6.46. The van der Waals surface area contributed by atoms with E-state index in [2.05, 4.69) is 4.72 Å². The predicted octanol–water partition coefficient (Wildman–Crippen LogP) is 3.99. The SMILES string of the molecule is O=S(=O)(NC1CCCCCC1)c1ccc(Cl)c(Cl)c1. The van der Waals surface area contributed by atoms with Gasteiger partial charge in [0.15, 0.2) is 0 Å². The normalized spacial score (nSPS) is 18.2. The molecule has 1 fully saturated rings. The summed E-state index contributed by atoms with van der Waals surface area (Å²) in [5.41, 5.74) is 0. The van der Waals surface area contributed by atoms with Gasteiger partial charge in [0, 0.05) is 6.04 Å². The zero-order valence-electron chi connectivity index (χ0n) is 10.5. The third-order valence-electron chi connectivity index (χ3n) is 3.38. The Morgan fingerprint density at radius 1 is 1.00 bits per heavy atom. The van der Waals surface area contributed by atoms with E-state index in [1.807, 2.05) is 0 Å². The molecule has 0 saturated heterocycles. The maximum atomic E-state index is 12.3. The largest absolute Gasteiger partial charge is 0.240 e. The summed E-state index contributed by atoms with van der Waals surface area (Å²) in [7, 11) is -3.51. The van der Waals surface area contributed by atoms with Crippen molar-refractivity contribution >= 4 is 33.2 Å². The van der Waals surface area contributed by atoms with E-state index in [9.17, 15) is 8.42 Å². The Bertz CT molecular complexity index is 538. The molecule has 1 aromatic carbocycles. The maximum Gasteiger partial charge on any atom is 0.240 e. The van der Waals surface area contributed by atoms with E-state index in [0.717, 1.165) is 25.7 Å². The van der Waals surface area contributed by atoms with Crippen LogP contribution in [0.5, 0.6) is 0 Å². The highest BCUT2D eigenvalue weighted by Gasteiger charge is 2.21. The van der Waals surface area contributed by atoms with Crippen molar-refractivity contribution in [2.75, 3.05) is 0 Å². The number of sulfonamides is 1. The molecule has 0 spiro atoms. The van der Waals surface area contributed by atoms with E-state index in [1.54, 1.807) is 0 Å². The second kappa shape index (κ2) is 6.44. The van der Waals surface area contributed by atoms with Gasteiger partial charge in [-0.3, -0.25) is 0 Å². The lowest BCUT2D eigenvalue weighted by Crippen LogP contribution is -2.34. The summed E-state index contributed by atoms with van der Waals surface area (Å²) in [5.74, 6) is 0. The van der Waals surface area contributed by atoms with Crippen LogP contribution >= 0.6 is 23.2 Å². The predicted molar refractivity (Wildman–Crippen MR) is 78.3 cm³/mol. The summed E-state index contributed by atoms with van der Waals surface area (Å²) in [4.78, 5) is 0.172. The average molecular weight is 322 g/mol. The molecule has 0 unspecified atom stereocenters. The van der Waals surface area contributed by atoms with Crippen LogP contribution in [0, 0.1) is 0 Å². The van der Waals surface area contributed by atoms with Crippen LogP contribution in [0.2, 0.25) is 10.0 Å². The van der Waals surface area contributed by atoms with Gasteiger partial charge in [0.25, 0.3) is 0 Å². The molecule has 0 amide bonds. The molecule has 2 rings (SSSR count). The first kappa shape index (κ1) is 15.1. The van der Waals surface area contributed by atoms with E-state index >= 15 is 0 Å². The first-order valence-corrected chi connectivity index (χ1v) is 8.70. The van der Waals surface area contributed by atoms with Gasteiger partial charge in [-0.15, -0.1) is 0 Å². The third-order valence-corrected chi connectivity index (χ3v) is 5.64. The molecule has 0 radical (unpaired) electrons. The molecule has 1 saturated carbocycles. The number of benzene rings is 1. The quantitative estimate of drug-likeness (QED) is 0.855. The van der Waals surface area contributed by atoms with Gasteiger partial charge >= 0.3 is 0 Å². The Labute approximate surface area is 124 Å². The molecule has 6 heteroatoms. The molecule has 1 N–H and O–H groups in total. The summed E-state index contributed by atoms with van der Waals surface area (Å²) >= 11 is 11.7. The van der Waals surface area contributed by atoms with E-state index in [0.29, 0.717) is 5.02 Å². The summed E-state index contributed by atoms with van der Waals surface area (Å²) in [6.07, 6.45) is 6.33. The number of halogens is 2. The molecular weight excluding hydrogens is 305 g/mol. The molecule has 19 heavy (non-hydrogen) atoms. The summed E-state index contributed by atoms with van der Waals surface area (Å²) in [5, 5.41) is 0.612. The molecule has 0 bridgehead atoms. The van der Waals surface area contributed by atoms with Crippen LogP contribution < -0.4 is 4.72 Å². The fourth-order valence-corrected chi connectivity index (χ4v) is 4.02.